The van der Waals surface area contributed by atoms with Gasteiger partial charge in [-0.1, -0.05) is 29.3 Å². The van der Waals surface area contributed by atoms with E-state index < -0.39 is 0 Å². The molecule has 104 valence electrons. The van der Waals surface area contributed by atoms with E-state index in [0.717, 1.165) is 11.1 Å². The molecule has 0 bridgehead atoms. The first-order valence-electron chi connectivity index (χ1n) is 6.23. The molecule has 0 unspecified atom stereocenters. The lowest BCUT2D eigenvalue weighted by molar-refractivity contribution is 0.102. The number of anilines is 1. The van der Waals surface area contributed by atoms with Crippen LogP contribution < -0.4 is 10.1 Å². The molecule has 1 N–H and O–H groups in total. The third kappa shape index (κ3) is 3.11. The van der Waals surface area contributed by atoms with Crippen LogP contribution in [0.3, 0.4) is 0 Å². The molecule has 0 spiro atoms. The molecule has 0 fully saturated rings. The largest absolute Gasteiger partial charge is 0.495 e. The number of benzene rings is 2. The van der Waals surface area contributed by atoms with E-state index in [0.29, 0.717) is 22.0 Å². The molecule has 2 rings (SSSR count). The summed E-state index contributed by atoms with van der Waals surface area (Å²) < 4.78 is 5.22. The SMILES string of the molecule is COc1ccc(Cl)cc1NC(=O)c1cc(C)ccc1C. The van der Waals surface area contributed by atoms with Gasteiger partial charge in [-0.15, -0.1) is 0 Å². The van der Waals surface area contributed by atoms with E-state index in [1.54, 1.807) is 25.3 Å². The Hall–Kier alpha value is -2.00. The van der Waals surface area contributed by atoms with E-state index in [9.17, 15) is 4.79 Å². The number of halogens is 1. The highest BCUT2D eigenvalue weighted by atomic mass is 35.5. The van der Waals surface area contributed by atoms with Crippen molar-refractivity contribution in [1.82, 2.24) is 0 Å². The van der Waals surface area contributed by atoms with Crippen LogP contribution in [0, 0.1) is 13.8 Å². The highest BCUT2D eigenvalue weighted by Gasteiger charge is 2.12. The number of hydrogen-bond acceptors (Lipinski definition) is 2. The predicted molar refractivity (Wildman–Crippen MR) is 81.9 cm³/mol. The molecule has 3 nitrogen and oxygen atoms in total. The van der Waals surface area contributed by atoms with E-state index in [1.165, 1.54) is 0 Å². The van der Waals surface area contributed by atoms with Crippen LogP contribution in [0.5, 0.6) is 5.75 Å². The fraction of sp³-hybridized carbons (Fsp3) is 0.188. The van der Waals surface area contributed by atoms with Gasteiger partial charge >= 0.3 is 0 Å². The Labute approximate surface area is 123 Å². The third-order valence-electron chi connectivity index (χ3n) is 3.05. The molecule has 0 aromatic heterocycles. The van der Waals surface area contributed by atoms with Crippen molar-refractivity contribution in [3.63, 3.8) is 0 Å². The van der Waals surface area contributed by atoms with Gasteiger partial charge in [0.2, 0.25) is 0 Å². The number of hydrogen-bond donors (Lipinski definition) is 1. The summed E-state index contributed by atoms with van der Waals surface area (Å²) in [4.78, 5) is 12.4. The number of methoxy groups -OCH3 is 1. The summed E-state index contributed by atoms with van der Waals surface area (Å²) in [5, 5.41) is 3.38. The van der Waals surface area contributed by atoms with Crippen molar-refractivity contribution >= 4 is 23.2 Å². The number of rotatable bonds is 3. The molecule has 0 saturated carbocycles. The minimum absolute atomic E-state index is 0.174. The second kappa shape index (κ2) is 5.97. The Morgan fingerprint density at radius 1 is 1.15 bits per heavy atom. The zero-order valence-corrected chi connectivity index (χ0v) is 12.4. The van der Waals surface area contributed by atoms with Gasteiger partial charge in [0.15, 0.2) is 0 Å². The summed E-state index contributed by atoms with van der Waals surface area (Å²) in [6.45, 7) is 3.86. The van der Waals surface area contributed by atoms with Crippen molar-refractivity contribution in [2.24, 2.45) is 0 Å². The first kappa shape index (κ1) is 14.4. The first-order valence-corrected chi connectivity index (χ1v) is 6.61. The van der Waals surface area contributed by atoms with Gasteiger partial charge < -0.3 is 10.1 Å². The summed E-state index contributed by atoms with van der Waals surface area (Å²) in [5.74, 6) is 0.403. The van der Waals surface area contributed by atoms with Gasteiger partial charge in [0.25, 0.3) is 5.91 Å². The Morgan fingerprint density at radius 3 is 2.60 bits per heavy atom. The van der Waals surface area contributed by atoms with E-state index in [-0.39, 0.29) is 5.91 Å². The number of ether oxygens (including phenoxy) is 1. The van der Waals surface area contributed by atoms with Crippen molar-refractivity contribution in [2.75, 3.05) is 12.4 Å². The fourth-order valence-corrected chi connectivity index (χ4v) is 2.12. The Kier molecular flexibility index (Phi) is 4.30. The number of aryl methyl sites for hydroxylation is 2. The molecule has 2 aromatic rings. The van der Waals surface area contributed by atoms with Crippen molar-refractivity contribution < 1.29 is 9.53 Å². The van der Waals surface area contributed by atoms with Crippen molar-refractivity contribution in [2.45, 2.75) is 13.8 Å². The molecule has 20 heavy (non-hydrogen) atoms. The minimum atomic E-state index is -0.174. The molecule has 0 saturated heterocycles. The Bertz CT molecular complexity index is 653. The Morgan fingerprint density at radius 2 is 1.90 bits per heavy atom. The summed E-state index contributed by atoms with van der Waals surface area (Å²) in [6.07, 6.45) is 0. The number of carbonyl (C=O) groups excluding carboxylic acids is 1. The van der Waals surface area contributed by atoms with Crippen LogP contribution >= 0.6 is 11.6 Å². The lowest BCUT2D eigenvalue weighted by atomic mass is 10.0. The number of amides is 1. The zero-order chi connectivity index (χ0) is 14.7. The van der Waals surface area contributed by atoms with Gasteiger partial charge in [-0.3, -0.25) is 4.79 Å². The quantitative estimate of drug-likeness (QED) is 0.919. The molecule has 0 aliphatic rings. The van der Waals surface area contributed by atoms with Gasteiger partial charge in [-0.2, -0.15) is 0 Å². The first-order chi connectivity index (χ1) is 9.51. The molecule has 2 aromatic carbocycles. The average Bonchev–Trinajstić information content (AvgIpc) is 2.41. The van der Waals surface area contributed by atoms with E-state index in [4.69, 9.17) is 16.3 Å². The lowest BCUT2D eigenvalue weighted by Gasteiger charge is -2.12. The highest BCUT2D eigenvalue weighted by molar-refractivity contribution is 6.31. The summed E-state index contributed by atoms with van der Waals surface area (Å²) in [5.41, 5.74) is 3.17. The van der Waals surface area contributed by atoms with Crippen LogP contribution in [0.4, 0.5) is 5.69 Å². The molecular formula is C16H16ClNO2. The summed E-state index contributed by atoms with van der Waals surface area (Å²) in [7, 11) is 1.55. The molecule has 0 atom stereocenters. The summed E-state index contributed by atoms with van der Waals surface area (Å²) in [6, 6.07) is 10.9. The number of nitrogens with one attached hydrogen (secondary N) is 1. The smallest absolute Gasteiger partial charge is 0.256 e. The maximum atomic E-state index is 12.4. The predicted octanol–water partition coefficient (Wildman–Crippen LogP) is 4.22. The molecule has 1 amide bonds. The average molecular weight is 290 g/mol. The van der Waals surface area contributed by atoms with Gasteiger partial charge in [-0.05, 0) is 43.7 Å². The molecule has 0 aliphatic carbocycles. The van der Waals surface area contributed by atoms with Gasteiger partial charge in [0.1, 0.15) is 5.75 Å². The molecule has 0 radical (unpaired) electrons. The molecular weight excluding hydrogens is 274 g/mol. The minimum Gasteiger partial charge on any atom is -0.495 e. The molecule has 0 aliphatic heterocycles. The van der Waals surface area contributed by atoms with Crippen LogP contribution in [0.25, 0.3) is 0 Å². The Balaban J connectivity index is 2.32. The van der Waals surface area contributed by atoms with E-state index >= 15 is 0 Å². The van der Waals surface area contributed by atoms with Crippen molar-refractivity contribution in [3.8, 4) is 5.75 Å². The second-order valence-corrected chi connectivity index (χ2v) is 5.05. The van der Waals surface area contributed by atoms with Crippen LogP contribution in [0.15, 0.2) is 36.4 Å². The second-order valence-electron chi connectivity index (χ2n) is 4.62. The van der Waals surface area contributed by atoms with Crippen LogP contribution in [0.1, 0.15) is 21.5 Å². The lowest BCUT2D eigenvalue weighted by Crippen LogP contribution is -2.14. The number of carbonyl (C=O) groups is 1. The summed E-state index contributed by atoms with van der Waals surface area (Å²) >= 11 is 5.95. The topological polar surface area (TPSA) is 38.3 Å². The van der Waals surface area contributed by atoms with Crippen molar-refractivity contribution in [1.29, 1.82) is 0 Å². The van der Waals surface area contributed by atoms with Crippen LogP contribution in [-0.2, 0) is 0 Å². The fourth-order valence-electron chi connectivity index (χ4n) is 1.95. The third-order valence-corrected chi connectivity index (χ3v) is 3.28. The standard InChI is InChI=1S/C16H16ClNO2/c1-10-4-5-11(2)13(8-10)16(19)18-14-9-12(17)6-7-15(14)20-3/h4-9H,1-3H3,(H,18,19). The van der Waals surface area contributed by atoms with E-state index in [1.807, 2.05) is 32.0 Å². The monoisotopic (exact) mass is 289 g/mol. The van der Waals surface area contributed by atoms with Gasteiger partial charge in [-0.25, -0.2) is 0 Å². The normalized spacial score (nSPS) is 10.2. The maximum absolute atomic E-state index is 12.4. The molecule has 0 heterocycles. The molecule has 4 heteroatoms. The van der Waals surface area contributed by atoms with Crippen LogP contribution in [0.2, 0.25) is 5.02 Å². The van der Waals surface area contributed by atoms with Gasteiger partial charge in [0, 0.05) is 10.6 Å². The van der Waals surface area contributed by atoms with E-state index in [2.05, 4.69) is 5.32 Å². The highest BCUT2D eigenvalue weighted by Crippen LogP contribution is 2.28. The van der Waals surface area contributed by atoms with Gasteiger partial charge in [0.05, 0.1) is 12.8 Å². The van der Waals surface area contributed by atoms with Crippen molar-refractivity contribution in [3.05, 3.63) is 58.1 Å². The maximum Gasteiger partial charge on any atom is 0.256 e. The van der Waals surface area contributed by atoms with Crippen LogP contribution in [-0.4, -0.2) is 13.0 Å². The zero-order valence-electron chi connectivity index (χ0n) is 11.7.